The largest absolute Gasteiger partial charge is 0.480 e. The number of aliphatic carboxylic acids is 1. The highest BCUT2D eigenvalue weighted by atomic mass is 16.4. The SMILES string of the molecule is CC(C)N(CC(=O)O)Cc1ccc(C#N)cc1. The zero-order valence-electron chi connectivity index (χ0n) is 10.1. The van der Waals surface area contributed by atoms with Crippen LogP contribution in [0, 0.1) is 11.3 Å². The molecule has 1 aromatic carbocycles. The molecule has 0 heterocycles. The first-order chi connectivity index (χ1) is 8.02. The van der Waals surface area contributed by atoms with Gasteiger partial charge >= 0.3 is 5.97 Å². The second kappa shape index (κ2) is 6.02. The van der Waals surface area contributed by atoms with Gasteiger partial charge in [0.1, 0.15) is 0 Å². The third-order valence-corrected chi connectivity index (χ3v) is 2.54. The maximum Gasteiger partial charge on any atom is 0.317 e. The molecule has 90 valence electrons. The predicted octanol–water partition coefficient (Wildman–Crippen LogP) is 1.85. The fourth-order valence-corrected chi connectivity index (χ4v) is 1.51. The van der Waals surface area contributed by atoms with Crippen molar-refractivity contribution in [3.8, 4) is 6.07 Å². The number of hydrogen-bond acceptors (Lipinski definition) is 3. The summed E-state index contributed by atoms with van der Waals surface area (Å²) in [4.78, 5) is 12.6. The molecule has 1 N–H and O–H groups in total. The summed E-state index contributed by atoms with van der Waals surface area (Å²) in [6, 6.07) is 9.43. The van der Waals surface area contributed by atoms with E-state index in [2.05, 4.69) is 6.07 Å². The highest BCUT2D eigenvalue weighted by Crippen LogP contribution is 2.09. The molecule has 0 radical (unpaired) electrons. The molecular formula is C13H16N2O2. The summed E-state index contributed by atoms with van der Waals surface area (Å²) in [6.07, 6.45) is 0. The highest BCUT2D eigenvalue weighted by Gasteiger charge is 2.13. The summed E-state index contributed by atoms with van der Waals surface area (Å²) in [5.74, 6) is -0.827. The van der Waals surface area contributed by atoms with Crippen LogP contribution < -0.4 is 0 Å². The van der Waals surface area contributed by atoms with Crippen molar-refractivity contribution in [2.24, 2.45) is 0 Å². The van der Waals surface area contributed by atoms with Gasteiger partial charge < -0.3 is 5.11 Å². The van der Waals surface area contributed by atoms with E-state index in [9.17, 15) is 4.79 Å². The Balaban J connectivity index is 2.72. The molecule has 4 heteroatoms. The number of benzene rings is 1. The Morgan fingerprint density at radius 3 is 2.41 bits per heavy atom. The van der Waals surface area contributed by atoms with Gasteiger partial charge in [0.2, 0.25) is 0 Å². The number of carboxylic acid groups (broad SMARTS) is 1. The topological polar surface area (TPSA) is 64.3 Å². The van der Waals surface area contributed by atoms with Crippen LogP contribution in [0.25, 0.3) is 0 Å². The average molecular weight is 232 g/mol. The molecule has 0 atom stereocenters. The number of carboxylic acids is 1. The summed E-state index contributed by atoms with van der Waals surface area (Å²) in [5, 5.41) is 17.5. The summed E-state index contributed by atoms with van der Waals surface area (Å²) < 4.78 is 0. The van der Waals surface area contributed by atoms with Crippen molar-refractivity contribution in [1.29, 1.82) is 5.26 Å². The highest BCUT2D eigenvalue weighted by molar-refractivity contribution is 5.69. The molecular weight excluding hydrogens is 216 g/mol. The van der Waals surface area contributed by atoms with Crippen molar-refractivity contribution in [3.05, 3.63) is 35.4 Å². The lowest BCUT2D eigenvalue weighted by atomic mass is 10.1. The standard InChI is InChI=1S/C13H16N2O2/c1-10(2)15(9-13(16)17)8-12-5-3-11(7-14)4-6-12/h3-6,10H,8-9H2,1-2H3,(H,16,17). The quantitative estimate of drug-likeness (QED) is 0.841. The van der Waals surface area contributed by atoms with Crippen LogP contribution in [0.1, 0.15) is 25.0 Å². The second-order valence-electron chi connectivity index (χ2n) is 4.20. The lowest BCUT2D eigenvalue weighted by molar-refractivity contribution is -0.138. The smallest absolute Gasteiger partial charge is 0.317 e. The van der Waals surface area contributed by atoms with E-state index in [0.29, 0.717) is 12.1 Å². The summed E-state index contributed by atoms with van der Waals surface area (Å²) in [5.41, 5.74) is 1.63. The molecule has 0 aliphatic rings. The van der Waals surface area contributed by atoms with Gasteiger partial charge in [-0.15, -0.1) is 0 Å². The molecule has 0 aliphatic carbocycles. The van der Waals surface area contributed by atoms with Gasteiger partial charge in [-0.3, -0.25) is 9.69 Å². The molecule has 4 nitrogen and oxygen atoms in total. The van der Waals surface area contributed by atoms with Crippen LogP contribution in [-0.4, -0.2) is 28.6 Å². The minimum Gasteiger partial charge on any atom is -0.480 e. The van der Waals surface area contributed by atoms with Gasteiger partial charge in [-0.1, -0.05) is 12.1 Å². The molecule has 0 aliphatic heterocycles. The van der Waals surface area contributed by atoms with Gasteiger partial charge in [0.05, 0.1) is 18.2 Å². The van der Waals surface area contributed by atoms with Crippen LogP contribution >= 0.6 is 0 Å². The molecule has 0 amide bonds. The van der Waals surface area contributed by atoms with Gasteiger partial charge in [0, 0.05) is 12.6 Å². The molecule has 0 fully saturated rings. The van der Waals surface area contributed by atoms with E-state index in [1.54, 1.807) is 12.1 Å². The van der Waals surface area contributed by atoms with Crippen molar-refractivity contribution >= 4 is 5.97 Å². The Kier molecular flexibility index (Phi) is 4.68. The number of hydrogen-bond donors (Lipinski definition) is 1. The lowest BCUT2D eigenvalue weighted by Gasteiger charge is -2.24. The lowest BCUT2D eigenvalue weighted by Crippen LogP contribution is -2.35. The summed E-state index contributed by atoms with van der Waals surface area (Å²) in [7, 11) is 0. The third kappa shape index (κ3) is 4.25. The molecule has 0 saturated heterocycles. The van der Waals surface area contributed by atoms with Crippen molar-refractivity contribution in [2.75, 3.05) is 6.54 Å². The molecule has 1 rings (SSSR count). The third-order valence-electron chi connectivity index (χ3n) is 2.54. The number of rotatable bonds is 5. The Labute approximate surface area is 101 Å². The van der Waals surface area contributed by atoms with E-state index in [4.69, 9.17) is 10.4 Å². The first-order valence-electron chi connectivity index (χ1n) is 5.48. The number of nitriles is 1. The minimum atomic E-state index is -0.827. The Hall–Kier alpha value is -1.86. The molecule has 0 aromatic heterocycles. The maximum absolute atomic E-state index is 10.7. The zero-order chi connectivity index (χ0) is 12.8. The van der Waals surface area contributed by atoms with Crippen molar-refractivity contribution < 1.29 is 9.90 Å². The average Bonchev–Trinajstić information content (AvgIpc) is 2.28. The van der Waals surface area contributed by atoms with Crippen LogP contribution in [-0.2, 0) is 11.3 Å². The zero-order valence-corrected chi connectivity index (χ0v) is 10.1. The first-order valence-corrected chi connectivity index (χ1v) is 5.48. The van der Waals surface area contributed by atoms with Crippen LogP contribution in [0.2, 0.25) is 0 Å². The van der Waals surface area contributed by atoms with Crippen LogP contribution in [0.4, 0.5) is 0 Å². The fourth-order valence-electron chi connectivity index (χ4n) is 1.51. The van der Waals surface area contributed by atoms with Crippen LogP contribution in [0.5, 0.6) is 0 Å². The van der Waals surface area contributed by atoms with Crippen LogP contribution in [0.15, 0.2) is 24.3 Å². The van der Waals surface area contributed by atoms with Gasteiger partial charge in [-0.25, -0.2) is 0 Å². The monoisotopic (exact) mass is 232 g/mol. The van der Waals surface area contributed by atoms with Gasteiger partial charge in [-0.05, 0) is 31.5 Å². The molecule has 0 bridgehead atoms. The van der Waals surface area contributed by atoms with Crippen molar-refractivity contribution in [3.63, 3.8) is 0 Å². The summed E-state index contributed by atoms with van der Waals surface area (Å²) >= 11 is 0. The second-order valence-corrected chi connectivity index (χ2v) is 4.20. The number of carbonyl (C=O) groups is 1. The summed E-state index contributed by atoms with van der Waals surface area (Å²) in [6.45, 7) is 4.53. The fraction of sp³-hybridized carbons (Fsp3) is 0.385. The van der Waals surface area contributed by atoms with Gasteiger partial charge in [0.25, 0.3) is 0 Å². The van der Waals surface area contributed by atoms with E-state index in [1.807, 2.05) is 30.9 Å². The Morgan fingerprint density at radius 2 is 2.00 bits per heavy atom. The van der Waals surface area contributed by atoms with Gasteiger partial charge in [-0.2, -0.15) is 5.26 Å². The minimum absolute atomic E-state index is 0.0255. The van der Waals surface area contributed by atoms with Crippen molar-refractivity contribution in [2.45, 2.75) is 26.4 Å². The molecule has 1 aromatic rings. The molecule has 0 unspecified atom stereocenters. The molecule has 0 saturated carbocycles. The Bertz CT molecular complexity index is 418. The van der Waals surface area contributed by atoms with Crippen LogP contribution in [0.3, 0.4) is 0 Å². The number of nitrogens with zero attached hydrogens (tertiary/aromatic N) is 2. The first kappa shape index (κ1) is 13.2. The van der Waals surface area contributed by atoms with Gasteiger partial charge in [0.15, 0.2) is 0 Å². The predicted molar refractivity (Wildman–Crippen MR) is 64.3 cm³/mol. The normalized spacial score (nSPS) is 10.5. The van der Waals surface area contributed by atoms with E-state index in [1.165, 1.54) is 0 Å². The van der Waals surface area contributed by atoms with E-state index < -0.39 is 5.97 Å². The van der Waals surface area contributed by atoms with E-state index >= 15 is 0 Å². The maximum atomic E-state index is 10.7. The van der Waals surface area contributed by atoms with E-state index in [-0.39, 0.29) is 12.6 Å². The van der Waals surface area contributed by atoms with Crippen molar-refractivity contribution in [1.82, 2.24) is 4.90 Å². The Morgan fingerprint density at radius 1 is 1.41 bits per heavy atom. The van der Waals surface area contributed by atoms with E-state index in [0.717, 1.165) is 5.56 Å². The molecule has 0 spiro atoms. The molecule has 17 heavy (non-hydrogen) atoms.